The molecule has 2 fully saturated rings. The van der Waals surface area contributed by atoms with Crippen molar-refractivity contribution < 1.29 is 54.9 Å². The summed E-state index contributed by atoms with van der Waals surface area (Å²) in [6, 6.07) is 8.41. The van der Waals surface area contributed by atoms with Crippen LogP contribution >= 0.6 is 0 Å². The van der Waals surface area contributed by atoms with E-state index in [1.54, 1.807) is 34.8 Å². The highest BCUT2D eigenvalue weighted by molar-refractivity contribution is 5.92. The van der Waals surface area contributed by atoms with Gasteiger partial charge < -0.3 is 54.0 Å². The molecule has 444 valence electrons. The highest BCUT2D eigenvalue weighted by Gasteiger charge is 2.34. The molecule has 0 saturated carbocycles. The lowest BCUT2D eigenvalue weighted by Crippen LogP contribution is -2.51. The van der Waals surface area contributed by atoms with E-state index in [4.69, 9.17) is 14.2 Å². The minimum Gasteiger partial charge on any atom is -0.444 e. The number of benzene rings is 2. The van der Waals surface area contributed by atoms with Gasteiger partial charge in [0.1, 0.15) is 30.1 Å². The van der Waals surface area contributed by atoms with Gasteiger partial charge in [0.2, 0.25) is 23.4 Å². The van der Waals surface area contributed by atoms with E-state index in [0.29, 0.717) is 139 Å². The number of ether oxygens (including phenoxy) is 3. The summed E-state index contributed by atoms with van der Waals surface area (Å²) in [6.45, 7) is 14.5. The summed E-state index contributed by atoms with van der Waals surface area (Å²) in [6.07, 6.45) is -3.70. The Kier molecular flexibility index (Phi) is 17.8. The van der Waals surface area contributed by atoms with Gasteiger partial charge in [-0.1, -0.05) is 26.0 Å². The number of aromatic nitrogens is 8. The van der Waals surface area contributed by atoms with Crippen LogP contribution in [-0.2, 0) is 62.1 Å². The average molecular weight is 1160 g/mol. The van der Waals surface area contributed by atoms with Crippen LogP contribution in [0.4, 0.5) is 53.9 Å². The van der Waals surface area contributed by atoms with E-state index in [2.05, 4.69) is 36.1 Å². The zero-order valence-electron chi connectivity index (χ0n) is 46.5. The Bertz CT molecular complexity index is 3550. The van der Waals surface area contributed by atoms with Gasteiger partial charge >= 0.3 is 18.4 Å². The lowest BCUT2D eigenvalue weighted by atomic mass is 10.1. The van der Waals surface area contributed by atoms with E-state index in [9.17, 15) is 50.3 Å². The Morgan fingerprint density at radius 1 is 0.614 bits per heavy atom. The van der Waals surface area contributed by atoms with Crippen LogP contribution < -0.4 is 36.9 Å². The maximum Gasteiger partial charge on any atom is 0.416 e. The first kappa shape index (κ1) is 59.5. The Hall–Kier alpha value is -8.11. The van der Waals surface area contributed by atoms with E-state index in [0.717, 1.165) is 35.4 Å². The maximum atomic E-state index is 14.0. The molecular weight excluding hydrogens is 1100 g/mol. The number of rotatable bonds is 12. The minimum absolute atomic E-state index is 0.165. The first-order chi connectivity index (χ1) is 39.5. The number of halogens is 6. The second-order valence-corrected chi connectivity index (χ2v) is 20.9. The number of nitrogens with zero attached hydrogens (tertiary/aromatic N) is 11. The van der Waals surface area contributed by atoms with Crippen molar-refractivity contribution in [2.75, 3.05) is 99.2 Å². The number of carbonyl (C=O) groups excluding carboxylic acids is 3. The van der Waals surface area contributed by atoms with Gasteiger partial charge in [0.15, 0.2) is 11.6 Å². The van der Waals surface area contributed by atoms with E-state index in [-0.39, 0.29) is 41.6 Å². The molecule has 0 radical (unpaired) electrons. The van der Waals surface area contributed by atoms with Crippen LogP contribution in [0.1, 0.15) is 81.6 Å². The molecule has 28 heteroatoms. The Labute approximate surface area is 471 Å². The molecule has 6 aromatic rings. The molecule has 4 aliphatic rings. The molecule has 2 aromatic carbocycles. The van der Waals surface area contributed by atoms with Crippen LogP contribution in [0, 0.1) is 0 Å². The van der Waals surface area contributed by atoms with E-state index in [1.807, 2.05) is 35.8 Å². The summed E-state index contributed by atoms with van der Waals surface area (Å²) in [5, 5.41) is 17.6. The third-order valence-corrected chi connectivity index (χ3v) is 14.1. The molecular formula is C55H64F6N14O8. The van der Waals surface area contributed by atoms with Crippen LogP contribution in [-0.4, -0.2) is 146 Å². The molecule has 0 unspecified atom stereocenters. The number of hydrogen-bond donors (Lipinski definition) is 3. The molecule has 83 heavy (non-hydrogen) atoms. The second-order valence-electron chi connectivity index (χ2n) is 20.9. The van der Waals surface area contributed by atoms with Crippen LogP contribution in [0.2, 0.25) is 0 Å². The largest absolute Gasteiger partial charge is 0.444 e. The molecule has 10 rings (SSSR count). The molecule has 0 aliphatic carbocycles. The van der Waals surface area contributed by atoms with Gasteiger partial charge in [-0.2, -0.15) is 45.3 Å². The predicted octanol–water partition coefficient (Wildman–Crippen LogP) is 6.30. The van der Waals surface area contributed by atoms with Crippen molar-refractivity contribution in [1.29, 1.82) is 0 Å². The van der Waals surface area contributed by atoms with Gasteiger partial charge in [-0.15, -0.1) is 10.2 Å². The van der Waals surface area contributed by atoms with Crippen molar-refractivity contribution in [2.24, 2.45) is 0 Å². The smallest absolute Gasteiger partial charge is 0.416 e. The van der Waals surface area contributed by atoms with Gasteiger partial charge in [0.05, 0.1) is 48.9 Å². The minimum atomic E-state index is -4.50. The van der Waals surface area contributed by atoms with E-state index in [1.165, 1.54) is 33.3 Å². The number of carbonyl (C=O) groups is 3. The van der Waals surface area contributed by atoms with Crippen molar-refractivity contribution in [2.45, 2.75) is 91.3 Å². The summed E-state index contributed by atoms with van der Waals surface area (Å²) in [7, 11) is 0. The van der Waals surface area contributed by atoms with Crippen LogP contribution in [0.15, 0.2) is 70.3 Å². The quantitative estimate of drug-likeness (QED) is 0.114. The van der Waals surface area contributed by atoms with Crippen molar-refractivity contribution in [3.63, 3.8) is 0 Å². The first-order valence-corrected chi connectivity index (χ1v) is 27.2. The van der Waals surface area contributed by atoms with Crippen LogP contribution in [0.3, 0.4) is 0 Å². The van der Waals surface area contributed by atoms with Crippen molar-refractivity contribution in [1.82, 2.24) is 48.5 Å². The fraction of sp³-hybridized carbons (Fsp3) is 0.473. The normalized spacial score (nSPS) is 16.3. The lowest BCUT2D eigenvalue weighted by Gasteiger charge is -2.37. The number of nitrogens with one attached hydrogen (secondary N) is 3. The number of hydrogen-bond acceptors (Lipinski definition) is 15. The summed E-state index contributed by atoms with van der Waals surface area (Å²) in [5.74, 6) is 0.161. The first-order valence-electron chi connectivity index (χ1n) is 27.2. The molecule has 3 amide bonds. The predicted molar refractivity (Wildman–Crippen MR) is 295 cm³/mol. The summed E-state index contributed by atoms with van der Waals surface area (Å²) < 4.78 is 99.8. The molecule has 8 heterocycles. The van der Waals surface area contributed by atoms with Crippen molar-refractivity contribution in [3.05, 3.63) is 116 Å². The second kappa shape index (κ2) is 24.8. The SMILES string of the molecule is CCc1c(N2CCN(C(=O)OC(C)(C)C)CC2)c(=O)n2nc(C3=CCOCC3)nc2n1CC(=O)Nc1ccc(C(F)(F)F)cc1.CCc1c(N2CCNCC2)c(=O)n2nc(C3=CCOCC3)nc2n1CC(=O)Nc1ccc(C(F)(F)F)cc1. The summed E-state index contributed by atoms with van der Waals surface area (Å²) in [4.78, 5) is 81.5. The number of piperazine rings is 2. The Balaban J connectivity index is 0.000000202. The molecule has 4 aromatic heterocycles. The molecule has 0 spiro atoms. The third kappa shape index (κ3) is 13.7. The number of anilines is 4. The zero-order valence-corrected chi connectivity index (χ0v) is 46.5. The number of alkyl halides is 6. The van der Waals surface area contributed by atoms with Gasteiger partial charge in [0, 0.05) is 63.7 Å². The topological polar surface area (TPSA) is 229 Å². The maximum absolute atomic E-state index is 14.0. The molecule has 22 nitrogen and oxygen atoms in total. The third-order valence-electron chi connectivity index (χ3n) is 14.1. The molecule has 0 atom stereocenters. The van der Waals surface area contributed by atoms with E-state index >= 15 is 0 Å². The number of fused-ring (bicyclic) bond motifs is 2. The Morgan fingerprint density at radius 3 is 1.39 bits per heavy atom. The van der Waals surface area contributed by atoms with Crippen molar-refractivity contribution >= 4 is 63.4 Å². The number of amides is 3. The standard InChI is InChI=1S/C30H36F3N7O5.C25H28F3N7O3/c1-5-22-24(37-12-14-38(15-13-37)28(43)45-29(2,3)4)26(42)40-27(35-25(36-40)19-10-16-44-17-11-19)39(22)18-23(41)34-21-8-6-20(7-9-21)30(31,32)33;1-2-19-21(33-11-9-29-10-12-33)23(37)35-24(31-22(32-35)16-7-13-38-14-8-16)34(19)15-20(36)30-18-5-3-17(4-6-18)25(26,27)28/h6-10H,5,11-18H2,1-4H3,(H,34,41);3-7,29H,2,8-15H2,1H3,(H,30,36). The fourth-order valence-electron chi connectivity index (χ4n) is 10.1. The van der Waals surface area contributed by atoms with Gasteiger partial charge in [-0.25, -0.2) is 4.79 Å². The highest BCUT2D eigenvalue weighted by atomic mass is 19.4. The summed E-state index contributed by atoms with van der Waals surface area (Å²) >= 11 is 0. The lowest BCUT2D eigenvalue weighted by molar-refractivity contribution is -0.138. The average Bonchev–Trinajstić information content (AvgIpc) is 2.49. The molecule has 3 N–H and O–H groups in total. The van der Waals surface area contributed by atoms with Gasteiger partial charge in [0.25, 0.3) is 11.1 Å². The summed E-state index contributed by atoms with van der Waals surface area (Å²) in [5.41, 5.74) is 1.12. The Morgan fingerprint density at radius 2 is 1.02 bits per heavy atom. The zero-order chi connectivity index (χ0) is 59.4. The van der Waals surface area contributed by atoms with Crippen molar-refractivity contribution in [3.8, 4) is 0 Å². The van der Waals surface area contributed by atoms with Gasteiger partial charge in [-0.3, -0.25) is 19.2 Å². The molecule has 4 aliphatic heterocycles. The molecule has 0 bridgehead atoms. The van der Waals surface area contributed by atoms with E-state index < -0.39 is 52.5 Å². The van der Waals surface area contributed by atoms with Gasteiger partial charge in [-0.05, 0) is 106 Å². The highest BCUT2D eigenvalue weighted by Crippen LogP contribution is 2.32. The molecule has 2 saturated heterocycles. The monoisotopic (exact) mass is 1160 g/mol. The van der Waals surface area contributed by atoms with Crippen LogP contribution in [0.25, 0.3) is 22.7 Å². The van der Waals surface area contributed by atoms with Crippen LogP contribution in [0.5, 0.6) is 0 Å². The fourth-order valence-corrected chi connectivity index (χ4v) is 10.1.